The zero-order valence-electron chi connectivity index (χ0n) is 10.5. The number of carbonyl (C=O) groups excluding carboxylic acids is 1. The van der Waals surface area contributed by atoms with E-state index >= 15 is 0 Å². The molecule has 0 fully saturated rings. The number of carbonyl (C=O) groups is 1. The molecule has 19 heavy (non-hydrogen) atoms. The lowest BCUT2D eigenvalue weighted by Gasteiger charge is -2.12. The fourth-order valence-electron chi connectivity index (χ4n) is 1.77. The van der Waals surface area contributed by atoms with Gasteiger partial charge in [-0.3, -0.25) is 4.79 Å². The Morgan fingerprint density at radius 2 is 1.74 bits per heavy atom. The number of halogens is 1. The molecule has 0 heterocycles. The second-order valence-corrected chi connectivity index (χ2v) is 4.82. The summed E-state index contributed by atoms with van der Waals surface area (Å²) < 4.78 is 0. The summed E-state index contributed by atoms with van der Waals surface area (Å²) in [6.45, 7) is 3.91. The normalized spacial score (nSPS) is 11.9. The third-order valence-electron chi connectivity index (χ3n) is 2.81. The lowest BCUT2D eigenvalue weighted by molar-refractivity contribution is -0.118. The van der Waals surface area contributed by atoms with Crippen molar-refractivity contribution in [3.05, 3.63) is 72.1 Å². The fraction of sp³-hybridized carbons (Fsp3) is 0.125. The van der Waals surface area contributed by atoms with E-state index in [1.54, 1.807) is 24.3 Å². The summed E-state index contributed by atoms with van der Waals surface area (Å²) in [7, 11) is 0. The van der Waals surface area contributed by atoms with Crippen LogP contribution in [0.25, 0.3) is 0 Å². The second kappa shape index (κ2) is 6.39. The Morgan fingerprint density at radius 3 is 2.37 bits per heavy atom. The van der Waals surface area contributed by atoms with Crippen molar-refractivity contribution >= 4 is 23.2 Å². The van der Waals surface area contributed by atoms with E-state index in [4.69, 9.17) is 11.6 Å². The molecule has 2 aromatic carbocycles. The van der Waals surface area contributed by atoms with Crippen LogP contribution in [0.2, 0.25) is 5.02 Å². The van der Waals surface area contributed by atoms with E-state index in [9.17, 15) is 4.79 Å². The predicted octanol–water partition coefficient (Wildman–Crippen LogP) is 3.97. The Bertz CT molecular complexity index is 536. The van der Waals surface area contributed by atoms with Crippen LogP contribution in [-0.4, -0.2) is 5.91 Å². The van der Waals surface area contributed by atoms with Crippen molar-refractivity contribution in [3.63, 3.8) is 0 Å². The van der Waals surface area contributed by atoms with Gasteiger partial charge in [0.25, 0.3) is 0 Å². The number of hydrogen-bond donors (Lipinski definition) is 1. The van der Waals surface area contributed by atoms with E-state index in [0.29, 0.717) is 11.4 Å². The van der Waals surface area contributed by atoms with Gasteiger partial charge in [-0.2, -0.15) is 0 Å². The summed E-state index contributed by atoms with van der Waals surface area (Å²) in [6, 6.07) is 16.9. The molecule has 3 heteroatoms. The van der Waals surface area contributed by atoms with E-state index in [1.165, 1.54) is 0 Å². The van der Waals surface area contributed by atoms with Crippen LogP contribution in [-0.2, 0) is 11.2 Å². The molecule has 1 atom stereocenters. The third kappa shape index (κ3) is 4.11. The minimum absolute atomic E-state index is 0.0915. The highest BCUT2D eigenvalue weighted by Crippen LogP contribution is 2.15. The number of benzene rings is 2. The average molecular weight is 273 g/mol. The standard InChI is InChI=1S/C16H15ClNO/c1-12(11-13-5-3-2-4-6-13)16(19)18-15-9-7-14(17)8-10-15/h2-10,12H,1,11H2,(H,18,19)/t12-/m0/s1. The molecule has 0 saturated carbocycles. The maximum Gasteiger partial charge on any atom is 0.227 e. The summed E-state index contributed by atoms with van der Waals surface area (Å²) in [5.41, 5.74) is 1.84. The van der Waals surface area contributed by atoms with Gasteiger partial charge in [-0.15, -0.1) is 0 Å². The van der Waals surface area contributed by atoms with Crippen molar-refractivity contribution in [2.45, 2.75) is 6.42 Å². The molecule has 1 N–H and O–H groups in total. The van der Waals surface area contributed by atoms with Gasteiger partial charge in [0.2, 0.25) is 5.91 Å². The lowest BCUT2D eigenvalue weighted by Crippen LogP contribution is -2.22. The minimum atomic E-state index is -0.321. The number of anilines is 1. The minimum Gasteiger partial charge on any atom is -0.326 e. The molecule has 2 aromatic rings. The largest absolute Gasteiger partial charge is 0.326 e. The highest BCUT2D eigenvalue weighted by molar-refractivity contribution is 6.30. The highest BCUT2D eigenvalue weighted by Gasteiger charge is 2.13. The molecule has 2 nitrogen and oxygen atoms in total. The van der Waals surface area contributed by atoms with E-state index in [2.05, 4.69) is 12.2 Å². The molecule has 0 aliphatic heterocycles. The van der Waals surface area contributed by atoms with Crippen molar-refractivity contribution < 1.29 is 4.79 Å². The number of nitrogens with one attached hydrogen (secondary N) is 1. The zero-order chi connectivity index (χ0) is 13.7. The molecule has 0 aromatic heterocycles. The van der Waals surface area contributed by atoms with Gasteiger partial charge in [0.15, 0.2) is 0 Å². The highest BCUT2D eigenvalue weighted by atomic mass is 35.5. The molecule has 0 bridgehead atoms. The van der Waals surface area contributed by atoms with Crippen LogP contribution in [0.1, 0.15) is 5.56 Å². The smallest absolute Gasteiger partial charge is 0.227 e. The first-order valence-electron chi connectivity index (χ1n) is 6.08. The third-order valence-corrected chi connectivity index (χ3v) is 3.06. The van der Waals surface area contributed by atoms with Crippen molar-refractivity contribution in [2.24, 2.45) is 5.92 Å². The lowest BCUT2D eigenvalue weighted by atomic mass is 10.0. The Morgan fingerprint density at radius 1 is 1.11 bits per heavy atom. The molecule has 2 rings (SSSR count). The van der Waals surface area contributed by atoms with E-state index < -0.39 is 0 Å². The van der Waals surface area contributed by atoms with Gasteiger partial charge >= 0.3 is 0 Å². The van der Waals surface area contributed by atoms with Crippen LogP contribution in [0.15, 0.2) is 54.6 Å². The van der Waals surface area contributed by atoms with E-state index in [1.807, 2.05) is 30.3 Å². The van der Waals surface area contributed by atoms with Gasteiger partial charge < -0.3 is 5.32 Å². The number of rotatable bonds is 4. The van der Waals surface area contributed by atoms with Crippen molar-refractivity contribution in [1.29, 1.82) is 0 Å². The Kier molecular flexibility index (Phi) is 4.58. The maximum absolute atomic E-state index is 12.0. The molecule has 0 aliphatic rings. The average Bonchev–Trinajstić information content (AvgIpc) is 2.42. The second-order valence-electron chi connectivity index (χ2n) is 4.38. The molecule has 0 aliphatic carbocycles. The molecule has 97 valence electrons. The first-order chi connectivity index (χ1) is 9.15. The SMILES string of the molecule is [CH2][C@@H](Cc1ccccc1)C(=O)Nc1ccc(Cl)cc1. The number of amides is 1. The van der Waals surface area contributed by atoms with Crippen LogP contribution in [0.5, 0.6) is 0 Å². The number of hydrogen-bond acceptors (Lipinski definition) is 1. The van der Waals surface area contributed by atoms with Crippen LogP contribution < -0.4 is 5.32 Å². The van der Waals surface area contributed by atoms with Gasteiger partial charge in [-0.05, 0) is 43.2 Å². The van der Waals surface area contributed by atoms with Crippen molar-refractivity contribution in [1.82, 2.24) is 0 Å². The van der Waals surface area contributed by atoms with Gasteiger partial charge in [-0.25, -0.2) is 0 Å². The molecular formula is C16H15ClNO. The topological polar surface area (TPSA) is 29.1 Å². The summed E-state index contributed by atoms with van der Waals surface area (Å²) in [5.74, 6) is -0.413. The van der Waals surface area contributed by atoms with Gasteiger partial charge in [0.1, 0.15) is 0 Å². The summed E-state index contributed by atoms with van der Waals surface area (Å²) in [6.07, 6.45) is 0.625. The Balaban J connectivity index is 1.94. The quantitative estimate of drug-likeness (QED) is 0.896. The maximum atomic E-state index is 12.0. The molecule has 0 spiro atoms. The monoisotopic (exact) mass is 272 g/mol. The summed E-state index contributed by atoms with van der Waals surface area (Å²) in [5, 5.41) is 3.48. The van der Waals surface area contributed by atoms with Gasteiger partial charge in [0.05, 0.1) is 0 Å². The fourth-order valence-corrected chi connectivity index (χ4v) is 1.89. The van der Waals surface area contributed by atoms with Gasteiger partial charge in [0, 0.05) is 16.6 Å². The van der Waals surface area contributed by atoms with Crippen LogP contribution in [0.4, 0.5) is 5.69 Å². The summed E-state index contributed by atoms with van der Waals surface area (Å²) >= 11 is 5.79. The molecule has 1 radical (unpaired) electrons. The van der Waals surface area contributed by atoms with Crippen LogP contribution >= 0.6 is 11.6 Å². The van der Waals surface area contributed by atoms with Crippen LogP contribution in [0, 0.1) is 12.8 Å². The van der Waals surface area contributed by atoms with Crippen LogP contribution in [0.3, 0.4) is 0 Å². The van der Waals surface area contributed by atoms with E-state index in [0.717, 1.165) is 11.3 Å². The summed E-state index contributed by atoms with van der Waals surface area (Å²) in [4.78, 5) is 12.0. The Hall–Kier alpha value is -1.80. The predicted molar refractivity (Wildman–Crippen MR) is 79.1 cm³/mol. The van der Waals surface area contributed by atoms with Crippen molar-refractivity contribution in [2.75, 3.05) is 5.32 Å². The van der Waals surface area contributed by atoms with Gasteiger partial charge in [-0.1, -0.05) is 41.9 Å². The molecule has 0 saturated heterocycles. The molecule has 0 unspecified atom stereocenters. The first-order valence-corrected chi connectivity index (χ1v) is 6.46. The van der Waals surface area contributed by atoms with Crippen molar-refractivity contribution in [3.8, 4) is 0 Å². The zero-order valence-corrected chi connectivity index (χ0v) is 11.2. The van der Waals surface area contributed by atoms with E-state index in [-0.39, 0.29) is 11.8 Å². The Labute approximate surface area is 118 Å². The molecule has 1 amide bonds. The molecular weight excluding hydrogens is 258 g/mol. The first kappa shape index (κ1) is 13.6.